The zero-order valence-electron chi connectivity index (χ0n) is 18.6. The maximum Gasteiger partial charge on any atom is 0.319 e. The van der Waals surface area contributed by atoms with Crippen LogP contribution >= 0.6 is 0 Å². The van der Waals surface area contributed by atoms with Crippen LogP contribution in [0.25, 0.3) is 22.6 Å². The van der Waals surface area contributed by atoms with Crippen LogP contribution in [0.15, 0.2) is 36.7 Å². The smallest absolute Gasteiger partial charge is 0.319 e. The summed E-state index contributed by atoms with van der Waals surface area (Å²) in [5, 5.41) is 19.2. The van der Waals surface area contributed by atoms with Gasteiger partial charge in [0.25, 0.3) is 0 Å². The Labute approximate surface area is 187 Å². The highest BCUT2D eigenvalue weighted by Crippen LogP contribution is 2.58. The minimum absolute atomic E-state index is 0.0644. The van der Waals surface area contributed by atoms with E-state index in [1.165, 1.54) is 32.7 Å². The number of aromatic hydroxyl groups is 1. The van der Waals surface area contributed by atoms with E-state index in [9.17, 15) is 5.11 Å². The molecule has 2 aromatic heterocycles. The number of nitrogens with zero attached hydrogens (tertiary/aromatic N) is 5. The van der Waals surface area contributed by atoms with Crippen molar-refractivity contribution in [2.45, 2.75) is 52.1 Å². The second-order valence-electron chi connectivity index (χ2n) is 9.73. The van der Waals surface area contributed by atoms with Crippen molar-refractivity contribution >= 4 is 0 Å². The van der Waals surface area contributed by atoms with E-state index in [2.05, 4.69) is 39.0 Å². The third-order valence-corrected chi connectivity index (χ3v) is 6.82. The Kier molecular flexibility index (Phi) is 4.95. The Bertz CT molecular complexity index is 1120. The molecule has 5 rings (SSSR count). The van der Waals surface area contributed by atoms with Crippen molar-refractivity contribution in [2.75, 3.05) is 7.11 Å². The second-order valence-corrected chi connectivity index (χ2v) is 9.73. The van der Waals surface area contributed by atoms with E-state index >= 15 is 0 Å². The van der Waals surface area contributed by atoms with E-state index in [0.29, 0.717) is 39.4 Å². The molecule has 0 saturated heterocycles. The van der Waals surface area contributed by atoms with Gasteiger partial charge < -0.3 is 14.6 Å². The number of ether oxygens (including phenoxy) is 2. The first-order valence-corrected chi connectivity index (χ1v) is 10.9. The number of rotatable bonds is 5. The van der Waals surface area contributed by atoms with Gasteiger partial charge >= 0.3 is 6.01 Å². The molecular weight excluding hydrogens is 406 g/mol. The van der Waals surface area contributed by atoms with Gasteiger partial charge in [-0.15, -0.1) is 10.2 Å². The van der Waals surface area contributed by atoms with Crippen molar-refractivity contribution in [3.05, 3.63) is 36.7 Å². The van der Waals surface area contributed by atoms with Crippen LogP contribution in [0.2, 0.25) is 0 Å². The number of phenolic OH excluding ortho intramolecular Hbond substituents is 1. The maximum absolute atomic E-state index is 10.6. The van der Waals surface area contributed by atoms with Gasteiger partial charge in [-0.1, -0.05) is 19.9 Å². The summed E-state index contributed by atoms with van der Waals surface area (Å²) in [6.45, 7) is 4.75. The van der Waals surface area contributed by atoms with Crippen LogP contribution < -0.4 is 9.47 Å². The minimum Gasteiger partial charge on any atom is -0.507 e. The molecule has 0 aliphatic heterocycles. The maximum atomic E-state index is 10.6. The Hall–Kier alpha value is -3.29. The summed E-state index contributed by atoms with van der Waals surface area (Å²) >= 11 is 0. The summed E-state index contributed by atoms with van der Waals surface area (Å²) < 4.78 is 11.3. The van der Waals surface area contributed by atoms with Gasteiger partial charge in [0.2, 0.25) is 5.88 Å². The lowest BCUT2D eigenvalue weighted by Gasteiger charge is -2.39. The topological polar surface area (TPSA) is 103 Å². The highest BCUT2D eigenvalue weighted by atomic mass is 16.5. The quantitative estimate of drug-likeness (QED) is 0.630. The van der Waals surface area contributed by atoms with Crippen LogP contribution in [0, 0.1) is 10.8 Å². The molecule has 1 aromatic carbocycles. The van der Waals surface area contributed by atoms with Gasteiger partial charge in [0, 0.05) is 17.2 Å². The average molecular weight is 434 g/mol. The summed E-state index contributed by atoms with van der Waals surface area (Å²) in [6, 6.07) is 9.04. The van der Waals surface area contributed by atoms with Crippen LogP contribution in [0.3, 0.4) is 0 Å². The average Bonchev–Trinajstić information content (AvgIpc) is 3.01. The summed E-state index contributed by atoms with van der Waals surface area (Å²) in [5.74, 6) is 1.01. The van der Waals surface area contributed by atoms with Crippen LogP contribution in [0.1, 0.15) is 46.0 Å². The Morgan fingerprint density at radius 2 is 1.78 bits per heavy atom. The number of methoxy groups -OCH3 is 1. The van der Waals surface area contributed by atoms with E-state index in [0.717, 1.165) is 12.8 Å². The van der Waals surface area contributed by atoms with Crippen molar-refractivity contribution in [3.63, 3.8) is 0 Å². The Balaban J connectivity index is 1.32. The molecular formula is C24H27N5O3. The van der Waals surface area contributed by atoms with Crippen LogP contribution in [0.5, 0.6) is 17.6 Å². The highest BCUT2D eigenvalue weighted by molar-refractivity contribution is 5.71. The van der Waals surface area contributed by atoms with Crippen molar-refractivity contribution in [1.82, 2.24) is 25.1 Å². The number of hydrogen-bond donors (Lipinski definition) is 1. The highest BCUT2D eigenvalue weighted by Gasteiger charge is 2.49. The zero-order chi connectivity index (χ0) is 22.3. The third kappa shape index (κ3) is 3.97. The minimum atomic E-state index is 0.0644. The molecule has 2 bridgehead atoms. The predicted molar refractivity (Wildman–Crippen MR) is 118 cm³/mol. The van der Waals surface area contributed by atoms with Crippen molar-refractivity contribution in [1.29, 1.82) is 0 Å². The van der Waals surface area contributed by atoms with Crippen LogP contribution in [-0.2, 0) is 0 Å². The molecule has 3 atom stereocenters. The lowest BCUT2D eigenvalue weighted by molar-refractivity contribution is 0.0401. The lowest BCUT2D eigenvalue weighted by Crippen LogP contribution is -2.36. The number of hydrogen-bond acceptors (Lipinski definition) is 8. The van der Waals surface area contributed by atoms with E-state index in [1.54, 1.807) is 12.1 Å². The van der Waals surface area contributed by atoms with Gasteiger partial charge in [-0.3, -0.25) is 0 Å². The molecule has 166 valence electrons. The summed E-state index contributed by atoms with van der Waals surface area (Å²) in [7, 11) is 1.49. The van der Waals surface area contributed by atoms with Crippen molar-refractivity contribution in [2.24, 2.45) is 10.8 Å². The fraction of sp³-hybridized carbons (Fsp3) is 0.458. The molecule has 0 amide bonds. The summed E-state index contributed by atoms with van der Waals surface area (Å²) in [6.07, 6.45) is 7.52. The van der Waals surface area contributed by atoms with Gasteiger partial charge in [-0.05, 0) is 61.1 Å². The second kappa shape index (κ2) is 7.69. The molecule has 3 aromatic rings. The SMILES string of the molecule is COc1ncnc(-c2ccc(-c3ccc(O[C@H]4C[C@]5(C)CC[C@](C)(C4)C5)nn3)c(O)c2)n1. The number of fused-ring (bicyclic) bond motifs is 2. The van der Waals surface area contributed by atoms with Gasteiger partial charge in [-0.2, -0.15) is 9.97 Å². The molecule has 2 aliphatic carbocycles. The molecule has 0 spiro atoms. The number of phenols is 1. The molecule has 32 heavy (non-hydrogen) atoms. The molecule has 2 heterocycles. The van der Waals surface area contributed by atoms with Gasteiger partial charge in [0.1, 0.15) is 18.2 Å². The predicted octanol–water partition coefficient (Wildman–Crippen LogP) is 4.45. The molecule has 2 fully saturated rings. The van der Waals surface area contributed by atoms with Crippen molar-refractivity contribution in [3.8, 4) is 40.3 Å². The molecule has 1 N–H and O–H groups in total. The van der Waals surface area contributed by atoms with Gasteiger partial charge in [0.15, 0.2) is 5.82 Å². The van der Waals surface area contributed by atoms with Crippen LogP contribution in [0.4, 0.5) is 0 Å². The summed E-state index contributed by atoms with van der Waals surface area (Å²) in [5.41, 5.74) is 2.54. The molecule has 0 unspecified atom stereocenters. The lowest BCUT2D eigenvalue weighted by atomic mass is 9.69. The fourth-order valence-corrected chi connectivity index (χ4v) is 5.52. The van der Waals surface area contributed by atoms with E-state index in [4.69, 9.17) is 9.47 Å². The van der Waals surface area contributed by atoms with E-state index in [-0.39, 0.29) is 17.9 Å². The van der Waals surface area contributed by atoms with Gasteiger partial charge in [0.05, 0.1) is 12.8 Å². The molecule has 2 saturated carbocycles. The largest absolute Gasteiger partial charge is 0.507 e. The summed E-state index contributed by atoms with van der Waals surface area (Å²) in [4.78, 5) is 12.2. The first-order chi connectivity index (χ1) is 15.3. The monoisotopic (exact) mass is 433 g/mol. The standard InChI is InChI=1S/C24H27N5O3/c1-23-8-9-24(2,13-23)12-16(11-23)32-20-7-6-18(28-29-20)17-5-4-15(10-19(17)30)21-25-14-26-22(27-21)31-3/h4-7,10,14,16,30H,8-9,11-13H2,1-3H3/t16-,23-,24+. The molecule has 8 heteroatoms. The first-order valence-electron chi connectivity index (χ1n) is 10.9. The molecule has 2 aliphatic rings. The number of aromatic nitrogens is 5. The normalized spacial score (nSPS) is 26.7. The molecule has 8 nitrogen and oxygen atoms in total. The van der Waals surface area contributed by atoms with Gasteiger partial charge in [-0.25, -0.2) is 4.98 Å². The zero-order valence-corrected chi connectivity index (χ0v) is 18.6. The first kappa shape index (κ1) is 20.6. The third-order valence-electron chi connectivity index (χ3n) is 6.82. The fourth-order valence-electron chi connectivity index (χ4n) is 5.52. The Morgan fingerprint density at radius 1 is 1.00 bits per heavy atom. The number of benzene rings is 1. The van der Waals surface area contributed by atoms with Crippen molar-refractivity contribution < 1.29 is 14.6 Å². The van der Waals surface area contributed by atoms with E-state index in [1.807, 2.05) is 18.2 Å². The van der Waals surface area contributed by atoms with Crippen LogP contribution in [-0.4, -0.2) is 43.5 Å². The Morgan fingerprint density at radius 3 is 2.44 bits per heavy atom. The molecule has 0 radical (unpaired) electrons. The van der Waals surface area contributed by atoms with E-state index < -0.39 is 0 Å².